The summed E-state index contributed by atoms with van der Waals surface area (Å²) in [6.45, 7) is 2.38. The van der Waals surface area contributed by atoms with Gasteiger partial charge in [0.2, 0.25) is 5.91 Å². The molecule has 2 rings (SSSR count). The van der Waals surface area contributed by atoms with Crippen LogP contribution in [0.5, 0.6) is 0 Å². The molecule has 0 aliphatic heterocycles. The first-order valence-electron chi connectivity index (χ1n) is 8.42. The molecular weight excluding hydrogens is 322 g/mol. The molecular formula is C18H27N3O2S. The van der Waals surface area contributed by atoms with Crippen LogP contribution >= 0.6 is 11.8 Å². The van der Waals surface area contributed by atoms with Gasteiger partial charge in [0.1, 0.15) is 6.04 Å². The van der Waals surface area contributed by atoms with Crippen LogP contribution in [0.1, 0.15) is 35.2 Å². The van der Waals surface area contributed by atoms with Crippen LogP contribution in [0.15, 0.2) is 24.3 Å². The van der Waals surface area contributed by atoms with Gasteiger partial charge in [-0.2, -0.15) is 11.8 Å². The van der Waals surface area contributed by atoms with Gasteiger partial charge in [-0.1, -0.05) is 17.7 Å². The molecule has 2 unspecified atom stereocenters. The molecule has 0 radical (unpaired) electrons. The summed E-state index contributed by atoms with van der Waals surface area (Å²) in [5.74, 6) is 0.957. The fourth-order valence-corrected chi connectivity index (χ4v) is 3.15. The highest BCUT2D eigenvalue weighted by Gasteiger charge is 2.33. The number of nitrogens with one attached hydrogen (secondary N) is 2. The minimum absolute atomic E-state index is 0.0187. The summed E-state index contributed by atoms with van der Waals surface area (Å²) in [5.41, 5.74) is 7.36. The van der Waals surface area contributed by atoms with Crippen molar-refractivity contribution in [1.29, 1.82) is 0 Å². The van der Waals surface area contributed by atoms with Crippen LogP contribution in [-0.4, -0.2) is 42.5 Å². The summed E-state index contributed by atoms with van der Waals surface area (Å²) < 4.78 is 0. The van der Waals surface area contributed by atoms with Gasteiger partial charge in [-0.05, 0) is 56.2 Å². The second kappa shape index (κ2) is 9.08. The SMILES string of the molecule is CSCCC(NC(=O)c1cccc(C)c1)C(=O)NC(CN)C1CC1. The molecule has 0 saturated heterocycles. The molecule has 1 saturated carbocycles. The first-order valence-corrected chi connectivity index (χ1v) is 9.81. The maximum atomic E-state index is 12.6. The Bertz CT molecular complexity index is 575. The van der Waals surface area contributed by atoms with E-state index in [0.29, 0.717) is 24.4 Å². The third-order valence-electron chi connectivity index (χ3n) is 4.29. The van der Waals surface area contributed by atoms with Crippen LogP contribution in [0.4, 0.5) is 0 Å². The highest BCUT2D eigenvalue weighted by molar-refractivity contribution is 7.98. The van der Waals surface area contributed by atoms with E-state index in [-0.39, 0.29) is 17.9 Å². The van der Waals surface area contributed by atoms with Gasteiger partial charge in [-0.3, -0.25) is 9.59 Å². The minimum atomic E-state index is -0.529. The molecule has 1 aromatic carbocycles. The average Bonchev–Trinajstić information content (AvgIpc) is 3.40. The van der Waals surface area contributed by atoms with Crippen LogP contribution in [0.25, 0.3) is 0 Å². The molecule has 4 N–H and O–H groups in total. The van der Waals surface area contributed by atoms with Gasteiger partial charge in [0, 0.05) is 18.2 Å². The standard InChI is InChI=1S/C18H27N3O2S/c1-12-4-3-5-14(10-12)17(22)20-15(8-9-24-2)18(23)21-16(11-19)13-6-7-13/h3-5,10,13,15-16H,6-9,11,19H2,1-2H3,(H,20,22)(H,21,23). The highest BCUT2D eigenvalue weighted by Crippen LogP contribution is 2.32. The Morgan fingerprint density at radius 2 is 2.08 bits per heavy atom. The molecule has 1 aliphatic rings. The zero-order chi connectivity index (χ0) is 17.5. The van der Waals surface area contributed by atoms with Crippen LogP contribution in [0.2, 0.25) is 0 Å². The van der Waals surface area contributed by atoms with Crippen molar-refractivity contribution in [2.45, 2.75) is 38.3 Å². The number of aryl methyl sites for hydroxylation is 1. The molecule has 1 fully saturated rings. The topological polar surface area (TPSA) is 84.2 Å². The van der Waals surface area contributed by atoms with E-state index in [1.54, 1.807) is 17.8 Å². The molecule has 2 amide bonds. The van der Waals surface area contributed by atoms with Crippen LogP contribution < -0.4 is 16.4 Å². The largest absolute Gasteiger partial charge is 0.350 e. The lowest BCUT2D eigenvalue weighted by atomic mass is 10.1. The van der Waals surface area contributed by atoms with Crippen LogP contribution in [-0.2, 0) is 4.79 Å². The van der Waals surface area contributed by atoms with Gasteiger partial charge >= 0.3 is 0 Å². The Morgan fingerprint density at radius 1 is 1.33 bits per heavy atom. The first kappa shape index (κ1) is 18.8. The summed E-state index contributed by atoms with van der Waals surface area (Å²) in [7, 11) is 0. The molecule has 6 heteroatoms. The van der Waals surface area contributed by atoms with E-state index in [2.05, 4.69) is 10.6 Å². The van der Waals surface area contributed by atoms with Gasteiger partial charge in [-0.25, -0.2) is 0 Å². The number of carbonyl (C=O) groups excluding carboxylic acids is 2. The average molecular weight is 350 g/mol. The number of nitrogens with two attached hydrogens (primary N) is 1. The number of benzene rings is 1. The summed E-state index contributed by atoms with van der Waals surface area (Å²) in [6.07, 6.45) is 4.83. The fraction of sp³-hybridized carbons (Fsp3) is 0.556. The third-order valence-corrected chi connectivity index (χ3v) is 4.93. The number of thioether (sulfide) groups is 1. The molecule has 0 spiro atoms. The summed E-state index contributed by atoms with van der Waals surface area (Å²) in [5, 5.41) is 5.90. The van der Waals surface area contributed by atoms with Crippen LogP contribution in [0.3, 0.4) is 0 Å². The molecule has 1 aliphatic carbocycles. The summed E-state index contributed by atoms with van der Waals surface area (Å²) in [6, 6.07) is 6.86. The second-order valence-corrected chi connectivity index (χ2v) is 7.35. The van der Waals surface area contributed by atoms with E-state index in [1.165, 1.54) is 0 Å². The van der Waals surface area contributed by atoms with Gasteiger partial charge in [0.15, 0.2) is 0 Å². The number of rotatable bonds is 9. The zero-order valence-electron chi connectivity index (χ0n) is 14.4. The van der Waals surface area contributed by atoms with Crippen molar-refractivity contribution in [3.8, 4) is 0 Å². The Balaban J connectivity index is 2.00. The Labute approximate surface area is 148 Å². The van der Waals surface area contributed by atoms with Gasteiger partial charge in [0.05, 0.1) is 0 Å². The predicted octanol–water partition coefficient (Wildman–Crippen LogP) is 1.70. The summed E-state index contributed by atoms with van der Waals surface area (Å²) >= 11 is 1.66. The third kappa shape index (κ3) is 5.53. The monoisotopic (exact) mass is 349 g/mol. The van der Waals surface area contributed by atoms with Gasteiger partial charge in [-0.15, -0.1) is 0 Å². The number of carbonyl (C=O) groups is 2. The normalized spacial score (nSPS) is 16.3. The number of hydrogen-bond donors (Lipinski definition) is 3. The lowest BCUT2D eigenvalue weighted by Gasteiger charge is -2.22. The number of hydrogen-bond acceptors (Lipinski definition) is 4. The maximum absolute atomic E-state index is 12.6. The Hall–Kier alpha value is -1.53. The maximum Gasteiger partial charge on any atom is 0.251 e. The van der Waals surface area contributed by atoms with Crippen molar-refractivity contribution < 1.29 is 9.59 Å². The zero-order valence-corrected chi connectivity index (χ0v) is 15.2. The van der Waals surface area contributed by atoms with Crippen molar-refractivity contribution in [3.05, 3.63) is 35.4 Å². The van der Waals surface area contributed by atoms with Crippen molar-refractivity contribution >= 4 is 23.6 Å². The van der Waals surface area contributed by atoms with Crippen molar-refractivity contribution in [3.63, 3.8) is 0 Å². The number of amides is 2. The molecule has 1 aromatic rings. The highest BCUT2D eigenvalue weighted by atomic mass is 32.2. The molecule has 0 bridgehead atoms. The van der Waals surface area contributed by atoms with E-state index < -0.39 is 6.04 Å². The van der Waals surface area contributed by atoms with Crippen molar-refractivity contribution in [2.75, 3.05) is 18.6 Å². The fourth-order valence-electron chi connectivity index (χ4n) is 2.68. The molecule has 24 heavy (non-hydrogen) atoms. The molecule has 2 atom stereocenters. The predicted molar refractivity (Wildman–Crippen MR) is 99.1 cm³/mol. The lowest BCUT2D eigenvalue weighted by Crippen LogP contribution is -2.52. The van der Waals surface area contributed by atoms with E-state index in [0.717, 1.165) is 24.2 Å². The Morgan fingerprint density at radius 3 is 2.67 bits per heavy atom. The molecule has 5 nitrogen and oxygen atoms in total. The van der Waals surface area contributed by atoms with Crippen molar-refractivity contribution in [1.82, 2.24) is 10.6 Å². The van der Waals surface area contributed by atoms with Gasteiger partial charge < -0.3 is 16.4 Å². The van der Waals surface area contributed by atoms with E-state index in [9.17, 15) is 9.59 Å². The Kier molecular flexibility index (Phi) is 7.12. The second-order valence-electron chi connectivity index (χ2n) is 6.37. The smallest absolute Gasteiger partial charge is 0.251 e. The van der Waals surface area contributed by atoms with Crippen molar-refractivity contribution in [2.24, 2.45) is 11.7 Å². The van der Waals surface area contributed by atoms with E-state index in [4.69, 9.17) is 5.73 Å². The van der Waals surface area contributed by atoms with E-state index >= 15 is 0 Å². The lowest BCUT2D eigenvalue weighted by molar-refractivity contribution is -0.123. The minimum Gasteiger partial charge on any atom is -0.350 e. The van der Waals surface area contributed by atoms with Gasteiger partial charge in [0.25, 0.3) is 5.91 Å². The first-order chi connectivity index (χ1) is 11.5. The van der Waals surface area contributed by atoms with E-state index in [1.807, 2.05) is 31.4 Å². The molecule has 132 valence electrons. The quantitative estimate of drug-likeness (QED) is 0.633. The summed E-state index contributed by atoms with van der Waals surface area (Å²) in [4.78, 5) is 25.0. The van der Waals surface area contributed by atoms with Crippen LogP contribution in [0, 0.1) is 12.8 Å². The molecule has 0 heterocycles. The molecule has 0 aromatic heterocycles.